The van der Waals surface area contributed by atoms with E-state index in [1.54, 1.807) is 0 Å². The molecular weight excluding hydrogens is 384 g/mol. The molecule has 0 bridgehead atoms. The number of rotatable bonds is 6. The minimum Gasteiger partial charge on any atom is -0.370 e. The van der Waals surface area contributed by atoms with Gasteiger partial charge in [0, 0.05) is 48.7 Å². The Kier molecular flexibility index (Phi) is 6.06. The van der Waals surface area contributed by atoms with Crippen molar-refractivity contribution in [3.05, 3.63) is 66.2 Å². The average molecular weight is 413 g/mol. The van der Waals surface area contributed by atoms with Crippen molar-refractivity contribution >= 4 is 11.4 Å². The van der Waals surface area contributed by atoms with Crippen molar-refractivity contribution in [3.63, 3.8) is 0 Å². The molecule has 1 atom stereocenters. The smallest absolute Gasteiger partial charge is 0.111 e. The molecule has 0 radical (unpaired) electrons. The van der Waals surface area contributed by atoms with Gasteiger partial charge in [0.05, 0.1) is 17.5 Å². The van der Waals surface area contributed by atoms with Crippen molar-refractivity contribution in [1.82, 2.24) is 20.8 Å². The van der Waals surface area contributed by atoms with E-state index < -0.39 is 0 Å². The van der Waals surface area contributed by atoms with Gasteiger partial charge in [-0.2, -0.15) is 10.4 Å². The van der Waals surface area contributed by atoms with E-state index in [4.69, 9.17) is 5.26 Å². The van der Waals surface area contributed by atoms with Crippen molar-refractivity contribution in [2.75, 3.05) is 31.1 Å². The minimum absolute atomic E-state index is 0.291. The van der Waals surface area contributed by atoms with Crippen LogP contribution in [-0.4, -0.2) is 42.4 Å². The third-order valence-corrected chi connectivity index (χ3v) is 5.65. The molecule has 1 aliphatic heterocycles. The molecule has 2 heterocycles. The minimum atomic E-state index is -0.291. The molecule has 3 N–H and O–H groups in total. The molecule has 4 rings (SSSR count). The third kappa shape index (κ3) is 4.62. The molecule has 0 aliphatic carbocycles. The molecule has 1 aliphatic rings. The van der Waals surface area contributed by atoms with Gasteiger partial charge in [0.15, 0.2) is 0 Å². The summed E-state index contributed by atoms with van der Waals surface area (Å²) < 4.78 is 0. The topological polar surface area (TPSA) is 79.8 Å². The second-order valence-corrected chi connectivity index (χ2v) is 7.96. The van der Waals surface area contributed by atoms with Gasteiger partial charge in [-0.05, 0) is 49.2 Å². The first kappa shape index (κ1) is 20.7. The van der Waals surface area contributed by atoms with E-state index >= 15 is 0 Å². The Morgan fingerprint density at radius 3 is 2.74 bits per heavy atom. The van der Waals surface area contributed by atoms with Crippen LogP contribution in [0.25, 0.3) is 28.2 Å². The highest BCUT2D eigenvalue weighted by atomic mass is 15.2. The largest absolute Gasteiger partial charge is 0.370 e. The molecule has 1 saturated heterocycles. The number of piperazine rings is 1. The number of hydrogen-bond acceptors (Lipinski definition) is 5. The van der Waals surface area contributed by atoms with E-state index in [0.29, 0.717) is 0 Å². The summed E-state index contributed by atoms with van der Waals surface area (Å²) in [6.07, 6.45) is 0. The Morgan fingerprint density at radius 2 is 2.00 bits per heavy atom. The molecule has 0 saturated carbocycles. The lowest BCUT2D eigenvalue weighted by atomic mass is 10.0. The number of nitrogens with one attached hydrogen (secondary N) is 3. The van der Waals surface area contributed by atoms with Gasteiger partial charge in [-0.15, -0.1) is 0 Å². The first-order valence-corrected chi connectivity index (χ1v) is 10.6. The number of anilines is 1. The fourth-order valence-corrected chi connectivity index (χ4v) is 3.92. The second kappa shape index (κ2) is 9.07. The molecule has 6 heteroatoms. The molecule has 0 spiro atoms. The number of aryl methyl sites for hydroxylation is 1. The van der Waals surface area contributed by atoms with Crippen LogP contribution < -0.4 is 15.5 Å². The maximum absolute atomic E-state index is 9.01. The summed E-state index contributed by atoms with van der Waals surface area (Å²) in [4.78, 5) is 2.42. The highest BCUT2D eigenvalue weighted by Crippen LogP contribution is 2.30. The van der Waals surface area contributed by atoms with Crippen molar-refractivity contribution in [2.24, 2.45) is 0 Å². The van der Waals surface area contributed by atoms with Gasteiger partial charge in [-0.3, -0.25) is 5.10 Å². The number of H-pyrrole nitrogens is 1. The van der Waals surface area contributed by atoms with Crippen molar-refractivity contribution in [2.45, 2.75) is 19.9 Å². The van der Waals surface area contributed by atoms with Crippen LogP contribution in [0.15, 0.2) is 55.1 Å². The van der Waals surface area contributed by atoms with Crippen LogP contribution in [0, 0.1) is 18.3 Å². The first-order valence-electron chi connectivity index (χ1n) is 10.6. The standard InChI is InChI=1S/C25H28N6/c1-17-13-22(31-11-9-27-10-12-31)7-8-23(17)25-15-24(29-30-25)21-6-4-5-20(14-21)19(3)28-18(2)16-26/h4-8,13-15,18,27-28H,3,9-12H2,1-2H3,(H,29,30). The van der Waals surface area contributed by atoms with Gasteiger partial charge in [0.1, 0.15) is 6.04 Å². The lowest BCUT2D eigenvalue weighted by molar-refractivity contribution is 0.589. The highest BCUT2D eigenvalue weighted by Gasteiger charge is 2.14. The Bertz CT molecular complexity index is 1120. The van der Waals surface area contributed by atoms with Gasteiger partial charge in [-0.1, -0.05) is 30.8 Å². The number of aromatic nitrogens is 2. The van der Waals surface area contributed by atoms with Crippen LogP contribution in [0.4, 0.5) is 5.69 Å². The van der Waals surface area contributed by atoms with Crippen LogP contribution in [0.3, 0.4) is 0 Å². The maximum atomic E-state index is 9.01. The first-order chi connectivity index (χ1) is 15.0. The molecule has 1 unspecified atom stereocenters. The Morgan fingerprint density at radius 1 is 1.19 bits per heavy atom. The van der Waals surface area contributed by atoms with Crippen LogP contribution in [0.2, 0.25) is 0 Å². The maximum Gasteiger partial charge on any atom is 0.111 e. The third-order valence-electron chi connectivity index (χ3n) is 5.65. The van der Waals surface area contributed by atoms with E-state index in [0.717, 1.165) is 60.0 Å². The fraction of sp³-hybridized carbons (Fsp3) is 0.280. The predicted molar refractivity (Wildman–Crippen MR) is 127 cm³/mol. The van der Waals surface area contributed by atoms with Gasteiger partial charge in [-0.25, -0.2) is 0 Å². The quantitative estimate of drug-likeness (QED) is 0.572. The van der Waals surface area contributed by atoms with E-state index in [2.05, 4.69) is 69.6 Å². The summed E-state index contributed by atoms with van der Waals surface area (Å²) in [6, 6.07) is 18.6. The number of benzene rings is 2. The van der Waals surface area contributed by atoms with Crippen LogP contribution >= 0.6 is 0 Å². The molecule has 2 aromatic carbocycles. The predicted octanol–water partition coefficient (Wildman–Crippen LogP) is 3.93. The Balaban J connectivity index is 1.55. The number of hydrogen-bond donors (Lipinski definition) is 3. The number of nitriles is 1. The zero-order chi connectivity index (χ0) is 21.8. The SMILES string of the molecule is C=C(NC(C)C#N)c1cccc(-c2cc(-c3ccc(N4CCNCC4)cc3C)[nH]n2)c1. The van der Waals surface area contributed by atoms with Gasteiger partial charge < -0.3 is 15.5 Å². The fourth-order valence-electron chi connectivity index (χ4n) is 3.92. The van der Waals surface area contributed by atoms with E-state index in [1.807, 2.05) is 31.2 Å². The summed E-state index contributed by atoms with van der Waals surface area (Å²) in [6.45, 7) is 12.2. The van der Waals surface area contributed by atoms with E-state index in [-0.39, 0.29) is 6.04 Å². The molecule has 1 fully saturated rings. The van der Waals surface area contributed by atoms with Gasteiger partial charge in [0.25, 0.3) is 0 Å². The zero-order valence-corrected chi connectivity index (χ0v) is 18.1. The normalized spacial score (nSPS) is 14.7. The molecular formula is C25H28N6. The summed E-state index contributed by atoms with van der Waals surface area (Å²) in [5.41, 5.74) is 8.20. The highest BCUT2D eigenvalue weighted by molar-refractivity contribution is 5.74. The molecule has 0 amide bonds. The van der Waals surface area contributed by atoms with E-state index in [9.17, 15) is 0 Å². The van der Waals surface area contributed by atoms with Crippen LogP contribution in [0.5, 0.6) is 0 Å². The molecule has 3 aromatic rings. The average Bonchev–Trinajstić information content (AvgIpc) is 3.29. The Hall–Kier alpha value is -3.56. The van der Waals surface area contributed by atoms with Crippen molar-refractivity contribution < 1.29 is 0 Å². The summed E-state index contributed by atoms with van der Waals surface area (Å²) in [5.74, 6) is 0. The number of aromatic amines is 1. The van der Waals surface area contributed by atoms with E-state index in [1.165, 1.54) is 11.3 Å². The van der Waals surface area contributed by atoms with Gasteiger partial charge >= 0.3 is 0 Å². The van der Waals surface area contributed by atoms with Crippen molar-refractivity contribution in [1.29, 1.82) is 5.26 Å². The lowest BCUT2D eigenvalue weighted by Crippen LogP contribution is -2.43. The van der Waals surface area contributed by atoms with Crippen LogP contribution in [-0.2, 0) is 0 Å². The van der Waals surface area contributed by atoms with Crippen LogP contribution in [0.1, 0.15) is 18.1 Å². The molecule has 6 nitrogen and oxygen atoms in total. The molecule has 31 heavy (non-hydrogen) atoms. The summed E-state index contributed by atoms with van der Waals surface area (Å²) >= 11 is 0. The summed E-state index contributed by atoms with van der Waals surface area (Å²) in [5, 5.41) is 23.3. The number of nitrogens with zero attached hydrogens (tertiary/aromatic N) is 3. The lowest BCUT2D eigenvalue weighted by Gasteiger charge is -2.30. The van der Waals surface area contributed by atoms with Gasteiger partial charge in [0.2, 0.25) is 0 Å². The second-order valence-electron chi connectivity index (χ2n) is 7.96. The van der Waals surface area contributed by atoms with Crippen molar-refractivity contribution in [3.8, 4) is 28.6 Å². The summed E-state index contributed by atoms with van der Waals surface area (Å²) in [7, 11) is 0. The monoisotopic (exact) mass is 412 g/mol. The zero-order valence-electron chi connectivity index (χ0n) is 18.1. The molecule has 158 valence electrons. The molecule has 1 aromatic heterocycles. The Labute approximate surface area is 183 Å².